The maximum absolute atomic E-state index is 12.6. The highest BCUT2D eigenvalue weighted by Crippen LogP contribution is 2.29. The zero-order chi connectivity index (χ0) is 8.43. The van der Waals surface area contributed by atoms with Gasteiger partial charge in [0.05, 0.1) is 0 Å². The molecular formula is C9H12F2. The lowest BCUT2D eigenvalue weighted by Gasteiger charge is -2.14. The zero-order valence-electron chi connectivity index (χ0n) is 6.82. The van der Waals surface area contributed by atoms with Gasteiger partial charge in [0, 0.05) is 6.42 Å². The van der Waals surface area contributed by atoms with Crippen molar-refractivity contribution < 1.29 is 8.78 Å². The Balaban J connectivity index is 2.81. The van der Waals surface area contributed by atoms with Crippen molar-refractivity contribution in [1.82, 2.24) is 0 Å². The van der Waals surface area contributed by atoms with E-state index in [0.717, 1.165) is 5.57 Å². The van der Waals surface area contributed by atoms with E-state index in [9.17, 15) is 8.78 Å². The standard InChI is InChI=1S/C9H12F2/c1-6(2)7-3-4-8(10)9(11)5-7/h5-6H,3-4H2,1-2H3. The minimum Gasteiger partial charge on any atom is -0.209 e. The maximum Gasteiger partial charge on any atom is 0.154 e. The van der Waals surface area contributed by atoms with E-state index in [0.29, 0.717) is 12.3 Å². The molecule has 1 aliphatic rings. The molecule has 0 aromatic heterocycles. The van der Waals surface area contributed by atoms with E-state index in [-0.39, 0.29) is 6.42 Å². The summed E-state index contributed by atoms with van der Waals surface area (Å²) in [7, 11) is 0. The molecule has 0 heterocycles. The second-order valence-electron chi connectivity index (χ2n) is 3.13. The first-order chi connectivity index (χ1) is 5.11. The molecule has 0 saturated heterocycles. The molecule has 0 unspecified atom stereocenters. The average molecular weight is 158 g/mol. The first-order valence-electron chi connectivity index (χ1n) is 3.86. The Morgan fingerprint density at radius 3 is 2.36 bits per heavy atom. The van der Waals surface area contributed by atoms with E-state index in [2.05, 4.69) is 0 Å². The van der Waals surface area contributed by atoms with E-state index in [1.54, 1.807) is 0 Å². The van der Waals surface area contributed by atoms with Crippen LogP contribution < -0.4 is 0 Å². The minimum absolute atomic E-state index is 0.232. The summed E-state index contributed by atoms with van der Waals surface area (Å²) in [4.78, 5) is 0. The van der Waals surface area contributed by atoms with Crippen LogP contribution in [0.15, 0.2) is 23.3 Å². The summed E-state index contributed by atoms with van der Waals surface area (Å²) in [6, 6.07) is 0. The number of hydrogen-bond donors (Lipinski definition) is 0. The van der Waals surface area contributed by atoms with Crippen LogP contribution in [-0.4, -0.2) is 0 Å². The highest BCUT2D eigenvalue weighted by Gasteiger charge is 2.14. The average Bonchev–Trinajstić information content (AvgIpc) is 1.94. The lowest BCUT2D eigenvalue weighted by Crippen LogP contribution is -1.99. The number of rotatable bonds is 1. The quantitative estimate of drug-likeness (QED) is 0.547. The van der Waals surface area contributed by atoms with Gasteiger partial charge in [0.2, 0.25) is 0 Å². The molecule has 0 nitrogen and oxygen atoms in total. The van der Waals surface area contributed by atoms with Gasteiger partial charge in [-0.25, -0.2) is 8.78 Å². The molecule has 2 heteroatoms. The fourth-order valence-corrected chi connectivity index (χ4v) is 1.14. The summed E-state index contributed by atoms with van der Waals surface area (Å²) in [5, 5.41) is 0. The topological polar surface area (TPSA) is 0 Å². The van der Waals surface area contributed by atoms with Crippen LogP contribution in [0.4, 0.5) is 8.78 Å². The Morgan fingerprint density at radius 2 is 1.91 bits per heavy atom. The first-order valence-corrected chi connectivity index (χ1v) is 3.86. The smallest absolute Gasteiger partial charge is 0.154 e. The molecule has 0 aromatic carbocycles. The largest absolute Gasteiger partial charge is 0.209 e. The summed E-state index contributed by atoms with van der Waals surface area (Å²) in [6.45, 7) is 3.98. The lowest BCUT2D eigenvalue weighted by atomic mass is 9.94. The third-order valence-electron chi connectivity index (χ3n) is 1.95. The van der Waals surface area contributed by atoms with Gasteiger partial charge in [0.1, 0.15) is 5.83 Å². The molecule has 0 aromatic rings. The molecule has 0 fully saturated rings. The van der Waals surface area contributed by atoms with Gasteiger partial charge in [-0.05, 0) is 18.4 Å². The molecule has 1 aliphatic carbocycles. The number of hydrogen-bond acceptors (Lipinski definition) is 0. The Kier molecular flexibility index (Phi) is 2.42. The van der Waals surface area contributed by atoms with Crippen LogP contribution in [0.3, 0.4) is 0 Å². The van der Waals surface area contributed by atoms with Crippen LogP contribution >= 0.6 is 0 Å². The molecule has 62 valence electrons. The van der Waals surface area contributed by atoms with Crippen LogP contribution in [0.2, 0.25) is 0 Å². The third-order valence-corrected chi connectivity index (χ3v) is 1.95. The molecule has 1 rings (SSSR count). The predicted octanol–water partition coefficient (Wildman–Crippen LogP) is 3.51. The second-order valence-corrected chi connectivity index (χ2v) is 3.13. The summed E-state index contributed by atoms with van der Waals surface area (Å²) in [5.74, 6) is -0.955. The Morgan fingerprint density at radius 1 is 1.27 bits per heavy atom. The predicted molar refractivity (Wildman–Crippen MR) is 41.4 cm³/mol. The molecular weight excluding hydrogens is 146 g/mol. The summed E-state index contributed by atoms with van der Waals surface area (Å²) >= 11 is 0. The van der Waals surface area contributed by atoms with Crippen molar-refractivity contribution in [2.75, 3.05) is 0 Å². The Bertz CT molecular complexity index is 212. The van der Waals surface area contributed by atoms with Crippen molar-refractivity contribution >= 4 is 0 Å². The fraction of sp³-hybridized carbons (Fsp3) is 0.556. The van der Waals surface area contributed by atoms with Crippen molar-refractivity contribution in [2.45, 2.75) is 26.7 Å². The first kappa shape index (κ1) is 8.44. The van der Waals surface area contributed by atoms with Gasteiger partial charge in [-0.1, -0.05) is 19.4 Å². The summed E-state index contributed by atoms with van der Waals surface area (Å²) in [6.07, 6.45) is 2.22. The van der Waals surface area contributed by atoms with E-state index < -0.39 is 11.7 Å². The van der Waals surface area contributed by atoms with Crippen LogP contribution in [0.1, 0.15) is 26.7 Å². The second kappa shape index (κ2) is 3.16. The molecule has 0 spiro atoms. The molecule has 0 atom stereocenters. The van der Waals surface area contributed by atoms with Crippen LogP contribution in [0, 0.1) is 5.92 Å². The highest BCUT2D eigenvalue weighted by molar-refractivity contribution is 5.26. The molecule has 0 N–H and O–H groups in total. The van der Waals surface area contributed by atoms with E-state index in [1.807, 2.05) is 13.8 Å². The number of halogens is 2. The van der Waals surface area contributed by atoms with Crippen molar-refractivity contribution in [3.05, 3.63) is 23.3 Å². The van der Waals surface area contributed by atoms with Crippen LogP contribution in [0.5, 0.6) is 0 Å². The van der Waals surface area contributed by atoms with Gasteiger partial charge < -0.3 is 0 Å². The monoisotopic (exact) mass is 158 g/mol. The van der Waals surface area contributed by atoms with Crippen molar-refractivity contribution in [2.24, 2.45) is 5.92 Å². The van der Waals surface area contributed by atoms with E-state index in [1.165, 1.54) is 6.08 Å². The third kappa shape index (κ3) is 1.88. The maximum atomic E-state index is 12.6. The van der Waals surface area contributed by atoms with E-state index in [4.69, 9.17) is 0 Å². The minimum atomic E-state index is -0.681. The fourth-order valence-electron chi connectivity index (χ4n) is 1.14. The lowest BCUT2D eigenvalue weighted by molar-refractivity contribution is 0.500. The van der Waals surface area contributed by atoms with Crippen LogP contribution in [0.25, 0.3) is 0 Å². The van der Waals surface area contributed by atoms with Gasteiger partial charge >= 0.3 is 0 Å². The molecule has 0 aliphatic heterocycles. The van der Waals surface area contributed by atoms with Crippen molar-refractivity contribution in [3.63, 3.8) is 0 Å². The van der Waals surface area contributed by atoms with Gasteiger partial charge in [0.15, 0.2) is 5.83 Å². The molecule has 0 bridgehead atoms. The SMILES string of the molecule is CC(C)C1=CC(F)=C(F)CC1. The molecule has 11 heavy (non-hydrogen) atoms. The molecule has 0 amide bonds. The summed E-state index contributed by atoms with van der Waals surface area (Å²) < 4.78 is 25.1. The van der Waals surface area contributed by atoms with Gasteiger partial charge in [0.25, 0.3) is 0 Å². The molecule has 0 saturated carbocycles. The normalized spacial score (nSPS) is 19.2. The van der Waals surface area contributed by atoms with Crippen molar-refractivity contribution in [3.8, 4) is 0 Å². The zero-order valence-corrected chi connectivity index (χ0v) is 6.82. The highest BCUT2D eigenvalue weighted by atomic mass is 19.2. The Labute approximate surface area is 65.6 Å². The van der Waals surface area contributed by atoms with Crippen molar-refractivity contribution in [1.29, 1.82) is 0 Å². The Hall–Kier alpha value is -0.660. The number of allylic oxidation sites excluding steroid dienone is 4. The van der Waals surface area contributed by atoms with Gasteiger partial charge in [-0.15, -0.1) is 0 Å². The molecule has 0 radical (unpaired) electrons. The summed E-state index contributed by atoms with van der Waals surface area (Å²) in [5.41, 5.74) is 1.00. The van der Waals surface area contributed by atoms with E-state index >= 15 is 0 Å². The van der Waals surface area contributed by atoms with Gasteiger partial charge in [-0.2, -0.15) is 0 Å². The van der Waals surface area contributed by atoms with Gasteiger partial charge in [-0.3, -0.25) is 0 Å². The van der Waals surface area contributed by atoms with Crippen LogP contribution in [-0.2, 0) is 0 Å².